The van der Waals surface area contributed by atoms with Crippen LogP contribution in [0.25, 0.3) is 10.9 Å². The molecule has 1 aliphatic carbocycles. The van der Waals surface area contributed by atoms with Gasteiger partial charge in [0.15, 0.2) is 0 Å². The zero-order chi connectivity index (χ0) is 13.8. The monoisotopic (exact) mass is 270 g/mol. The van der Waals surface area contributed by atoms with E-state index < -0.39 is 0 Å². The Morgan fingerprint density at radius 3 is 2.85 bits per heavy atom. The summed E-state index contributed by atoms with van der Waals surface area (Å²) in [6.45, 7) is 1.08. The van der Waals surface area contributed by atoms with E-state index in [-0.39, 0.29) is 0 Å². The number of nitrogens with zero attached hydrogens (tertiary/aromatic N) is 1. The van der Waals surface area contributed by atoms with Crippen LogP contribution in [0.4, 0.5) is 0 Å². The van der Waals surface area contributed by atoms with Crippen LogP contribution in [0.1, 0.15) is 31.4 Å². The van der Waals surface area contributed by atoms with Crippen LogP contribution in [0.15, 0.2) is 36.4 Å². The molecule has 3 heteroatoms. The van der Waals surface area contributed by atoms with E-state index in [9.17, 15) is 5.11 Å². The summed E-state index contributed by atoms with van der Waals surface area (Å²) >= 11 is 0. The van der Waals surface area contributed by atoms with Crippen LogP contribution in [-0.2, 0) is 6.54 Å². The molecule has 1 saturated carbocycles. The van der Waals surface area contributed by atoms with Crippen molar-refractivity contribution in [3.63, 3.8) is 0 Å². The standard InChI is InChI=1S/C17H22N2O/c20-12-14-6-2-3-7-16(14)18-11-15-10-9-13-5-1-4-8-17(13)19-15/h1,4-5,8-10,14,16,18,20H,2-3,6-7,11-12H2. The smallest absolute Gasteiger partial charge is 0.0705 e. The van der Waals surface area contributed by atoms with Crippen molar-refractivity contribution in [2.24, 2.45) is 5.92 Å². The first kappa shape index (κ1) is 13.5. The lowest BCUT2D eigenvalue weighted by Crippen LogP contribution is -2.39. The molecule has 3 nitrogen and oxygen atoms in total. The third kappa shape index (κ3) is 3.00. The van der Waals surface area contributed by atoms with E-state index in [4.69, 9.17) is 0 Å². The minimum Gasteiger partial charge on any atom is -0.396 e. The molecule has 1 aliphatic rings. The molecule has 1 aromatic carbocycles. The minimum atomic E-state index is 0.294. The Hall–Kier alpha value is -1.45. The van der Waals surface area contributed by atoms with Gasteiger partial charge in [-0.1, -0.05) is 37.1 Å². The van der Waals surface area contributed by atoms with Gasteiger partial charge in [0.1, 0.15) is 0 Å². The summed E-state index contributed by atoms with van der Waals surface area (Å²) < 4.78 is 0. The summed E-state index contributed by atoms with van der Waals surface area (Å²) in [7, 11) is 0. The quantitative estimate of drug-likeness (QED) is 0.898. The summed E-state index contributed by atoms with van der Waals surface area (Å²) in [6.07, 6.45) is 4.81. The van der Waals surface area contributed by atoms with Crippen LogP contribution in [0, 0.1) is 5.92 Å². The molecule has 106 valence electrons. The number of aliphatic hydroxyl groups is 1. The molecule has 3 rings (SSSR count). The first-order chi connectivity index (χ1) is 9.86. The Labute approximate surface area is 120 Å². The number of nitrogens with one attached hydrogen (secondary N) is 1. The van der Waals surface area contributed by atoms with Gasteiger partial charge in [-0.3, -0.25) is 4.98 Å². The Bertz CT molecular complexity index is 570. The van der Waals surface area contributed by atoms with Crippen molar-refractivity contribution in [1.82, 2.24) is 10.3 Å². The maximum Gasteiger partial charge on any atom is 0.0705 e. The molecule has 20 heavy (non-hydrogen) atoms. The number of fused-ring (bicyclic) bond motifs is 1. The predicted molar refractivity (Wildman–Crippen MR) is 81.4 cm³/mol. The Balaban J connectivity index is 1.67. The SMILES string of the molecule is OCC1CCCCC1NCc1ccc2ccccc2n1. The number of para-hydroxylation sites is 1. The van der Waals surface area contributed by atoms with E-state index in [1.165, 1.54) is 24.6 Å². The lowest BCUT2D eigenvalue weighted by Gasteiger charge is -2.31. The third-order valence-electron chi connectivity index (χ3n) is 4.35. The van der Waals surface area contributed by atoms with Crippen molar-refractivity contribution in [1.29, 1.82) is 0 Å². The second-order valence-electron chi connectivity index (χ2n) is 5.71. The van der Waals surface area contributed by atoms with E-state index in [1.54, 1.807) is 0 Å². The molecular formula is C17H22N2O. The average Bonchev–Trinajstić information content (AvgIpc) is 2.53. The van der Waals surface area contributed by atoms with Crippen LogP contribution in [0.3, 0.4) is 0 Å². The average molecular weight is 270 g/mol. The molecular weight excluding hydrogens is 248 g/mol. The molecule has 2 atom stereocenters. The predicted octanol–water partition coefficient (Wildman–Crippen LogP) is 2.88. The highest BCUT2D eigenvalue weighted by Crippen LogP contribution is 2.24. The molecule has 1 fully saturated rings. The van der Waals surface area contributed by atoms with Gasteiger partial charge in [-0.2, -0.15) is 0 Å². The fourth-order valence-corrected chi connectivity index (χ4v) is 3.14. The summed E-state index contributed by atoms with van der Waals surface area (Å²) in [5.41, 5.74) is 2.13. The normalized spacial score (nSPS) is 23.1. The number of pyridine rings is 1. The Morgan fingerprint density at radius 2 is 1.95 bits per heavy atom. The van der Waals surface area contributed by atoms with Crippen LogP contribution in [0.5, 0.6) is 0 Å². The fraction of sp³-hybridized carbons (Fsp3) is 0.471. The maximum atomic E-state index is 9.44. The molecule has 1 aromatic heterocycles. The topological polar surface area (TPSA) is 45.1 Å². The highest BCUT2D eigenvalue weighted by atomic mass is 16.3. The van der Waals surface area contributed by atoms with E-state index in [1.807, 2.05) is 12.1 Å². The van der Waals surface area contributed by atoms with E-state index >= 15 is 0 Å². The van der Waals surface area contributed by atoms with Crippen molar-refractivity contribution in [3.05, 3.63) is 42.1 Å². The minimum absolute atomic E-state index is 0.294. The molecule has 0 saturated heterocycles. The van der Waals surface area contributed by atoms with Crippen LogP contribution >= 0.6 is 0 Å². The molecule has 2 N–H and O–H groups in total. The lowest BCUT2D eigenvalue weighted by atomic mass is 9.85. The van der Waals surface area contributed by atoms with Crippen molar-refractivity contribution in [2.75, 3.05) is 6.61 Å². The van der Waals surface area contributed by atoms with Crippen LogP contribution in [0.2, 0.25) is 0 Å². The second kappa shape index (κ2) is 6.33. The van der Waals surface area contributed by atoms with E-state index in [2.05, 4.69) is 34.6 Å². The van der Waals surface area contributed by atoms with Crippen molar-refractivity contribution in [2.45, 2.75) is 38.3 Å². The largest absolute Gasteiger partial charge is 0.396 e. The third-order valence-corrected chi connectivity index (χ3v) is 4.35. The summed E-state index contributed by atoms with van der Waals surface area (Å²) in [5.74, 6) is 0.407. The molecule has 0 aliphatic heterocycles. The van der Waals surface area contributed by atoms with Gasteiger partial charge in [-0.05, 0) is 30.9 Å². The van der Waals surface area contributed by atoms with Gasteiger partial charge in [0, 0.05) is 24.6 Å². The molecule has 2 unspecified atom stereocenters. The van der Waals surface area contributed by atoms with Crippen LogP contribution < -0.4 is 5.32 Å². The van der Waals surface area contributed by atoms with Gasteiger partial charge < -0.3 is 10.4 Å². The summed E-state index contributed by atoms with van der Waals surface area (Å²) in [5, 5.41) is 14.2. The molecule has 0 radical (unpaired) electrons. The second-order valence-corrected chi connectivity index (χ2v) is 5.71. The Morgan fingerprint density at radius 1 is 1.10 bits per heavy atom. The van der Waals surface area contributed by atoms with E-state index in [0.29, 0.717) is 18.6 Å². The van der Waals surface area contributed by atoms with Gasteiger partial charge in [-0.25, -0.2) is 0 Å². The first-order valence-corrected chi connectivity index (χ1v) is 7.56. The number of rotatable bonds is 4. The van der Waals surface area contributed by atoms with Gasteiger partial charge in [0.2, 0.25) is 0 Å². The summed E-state index contributed by atoms with van der Waals surface area (Å²) in [6, 6.07) is 12.8. The first-order valence-electron chi connectivity index (χ1n) is 7.56. The van der Waals surface area contributed by atoms with Crippen LogP contribution in [-0.4, -0.2) is 22.7 Å². The molecule has 0 bridgehead atoms. The van der Waals surface area contributed by atoms with Gasteiger partial charge in [-0.15, -0.1) is 0 Å². The fourth-order valence-electron chi connectivity index (χ4n) is 3.14. The number of hydrogen-bond donors (Lipinski definition) is 2. The molecule has 0 spiro atoms. The highest BCUT2D eigenvalue weighted by molar-refractivity contribution is 5.78. The van der Waals surface area contributed by atoms with Crippen molar-refractivity contribution < 1.29 is 5.11 Å². The highest BCUT2D eigenvalue weighted by Gasteiger charge is 2.23. The van der Waals surface area contributed by atoms with Crippen molar-refractivity contribution in [3.8, 4) is 0 Å². The Kier molecular flexibility index (Phi) is 4.28. The molecule has 0 amide bonds. The lowest BCUT2D eigenvalue weighted by molar-refractivity contribution is 0.152. The van der Waals surface area contributed by atoms with Gasteiger partial charge in [0.25, 0.3) is 0 Å². The van der Waals surface area contributed by atoms with Gasteiger partial charge in [0.05, 0.1) is 11.2 Å². The zero-order valence-corrected chi connectivity index (χ0v) is 11.8. The number of hydrogen-bond acceptors (Lipinski definition) is 3. The van der Waals surface area contributed by atoms with Gasteiger partial charge >= 0.3 is 0 Å². The number of aromatic nitrogens is 1. The molecule has 1 heterocycles. The number of benzene rings is 1. The van der Waals surface area contributed by atoms with Crippen molar-refractivity contribution >= 4 is 10.9 Å². The number of aliphatic hydroxyl groups excluding tert-OH is 1. The van der Waals surface area contributed by atoms with E-state index in [0.717, 1.165) is 24.2 Å². The zero-order valence-electron chi connectivity index (χ0n) is 11.8. The maximum absolute atomic E-state index is 9.44. The molecule has 2 aromatic rings. The summed E-state index contributed by atoms with van der Waals surface area (Å²) in [4.78, 5) is 4.69.